The number of carbonyl (C=O) groups is 2. The second kappa shape index (κ2) is 9.15. The summed E-state index contributed by atoms with van der Waals surface area (Å²) in [6.07, 6.45) is 4.51. The van der Waals surface area contributed by atoms with E-state index in [-0.39, 0.29) is 18.4 Å². The van der Waals surface area contributed by atoms with Crippen molar-refractivity contribution < 1.29 is 14.0 Å². The molecular formula is C19H21N3O3S. The van der Waals surface area contributed by atoms with Gasteiger partial charge in [-0.2, -0.15) is 0 Å². The number of amides is 2. The van der Waals surface area contributed by atoms with Gasteiger partial charge in [-0.25, -0.2) is 4.98 Å². The number of fused-ring (bicyclic) bond motifs is 1. The summed E-state index contributed by atoms with van der Waals surface area (Å²) < 4.78 is 6.32. The summed E-state index contributed by atoms with van der Waals surface area (Å²) in [4.78, 5) is 28.1. The van der Waals surface area contributed by atoms with Crippen molar-refractivity contribution in [3.05, 3.63) is 53.4 Å². The lowest BCUT2D eigenvalue weighted by molar-refractivity contribution is -0.126. The maximum absolute atomic E-state index is 11.8. The highest BCUT2D eigenvalue weighted by atomic mass is 32.1. The summed E-state index contributed by atoms with van der Waals surface area (Å²) >= 11 is 1.70. The van der Waals surface area contributed by atoms with Gasteiger partial charge in [-0.15, -0.1) is 11.3 Å². The molecule has 2 heterocycles. The lowest BCUT2D eigenvalue weighted by Crippen LogP contribution is -2.36. The minimum Gasteiger partial charge on any atom is -0.467 e. The Kier molecular flexibility index (Phi) is 6.38. The molecule has 3 aromatic rings. The van der Waals surface area contributed by atoms with Crippen LogP contribution in [0, 0.1) is 0 Å². The Bertz CT molecular complexity index is 825. The molecule has 0 radical (unpaired) electrons. The number of furan rings is 1. The highest BCUT2D eigenvalue weighted by Crippen LogP contribution is 2.22. The number of hydrogen-bond donors (Lipinski definition) is 2. The van der Waals surface area contributed by atoms with Crippen LogP contribution >= 0.6 is 11.3 Å². The third-order valence-corrected chi connectivity index (χ3v) is 4.96. The SMILES string of the molecule is O=C(CCCCc1nc2ccccc2s1)NCC(=O)NCc1ccco1. The number of aromatic nitrogens is 1. The average molecular weight is 371 g/mol. The van der Waals surface area contributed by atoms with Crippen LogP contribution in [-0.4, -0.2) is 23.3 Å². The molecule has 0 aliphatic heterocycles. The van der Waals surface area contributed by atoms with Crippen molar-refractivity contribution in [2.75, 3.05) is 6.54 Å². The Hall–Kier alpha value is -2.67. The van der Waals surface area contributed by atoms with E-state index in [2.05, 4.69) is 21.7 Å². The van der Waals surface area contributed by atoms with Crippen molar-refractivity contribution in [2.24, 2.45) is 0 Å². The maximum Gasteiger partial charge on any atom is 0.239 e. The summed E-state index contributed by atoms with van der Waals surface area (Å²) in [5.41, 5.74) is 1.03. The number of rotatable bonds is 9. The lowest BCUT2D eigenvalue weighted by atomic mass is 10.2. The van der Waals surface area contributed by atoms with Crippen LogP contribution in [0.2, 0.25) is 0 Å². The van der Waals surface area contributed by atoms with Crippen molar-refractivity contribution in [2.45, 2.75) is 32.2 Å². The summed E-state index contributed by atoms with van der Waals surface area (Å²) in [6, 6.07) is 11.6. The predicted octanol–water partition coefficient (Wildman–Crippen LogP) is 3.03. The second-order valence-corrected chi connectivity index (χ2v) is 7.03. The number of thiazole rings is 1. The van der Waals surface area contributed by atoms with E-state index >= 15 is 0 Å². The van der Waals surface area contributed by atoms with Crippen LogP contribution in [0.25, 0.3) is 10.2 Å². The molecule has 3 rings (SSSR count). The first-order chi connectivity index (χ1) is 12.7. The number of benzene rings is 1. The normalized spacial score (nSPS) is 10.8. The molecule has 2 amide bonds. The van der Waals surface area contributed by atoms with E-state index in [1.165, 1.54) is 4.70 Å². The molecule has 26 heavy (non-hydrogen) atoms. The Morgan fingerprint density at radius 3 is 2.73 bits per heavy atom. The van der Waals surface area contributed by atoms with E-state index < -0.39 is 0 Å². The average Bonchev–Trinajstić information content (AvgIpc) is 3.30. The van der Waals surface area contributed by atoms with E-state index in [4.69, 9.17) is 4.42 Å². The quantitative estimate of drug-likeness (QED) is 0.566. The number of hydrogen-bond acceptors (Lipinski definition) is 5. The van der Waals surface area contributed by atoms with Gasteiger partial charge in [-0.1, -0.05) is 12.1 Å². The standard InChI is InChI=1S/C19H21N3O3S/c23-17(21-13-18(24)20-12-14-6-5-11-25-14)9-3-4-10-19-22-15-7-1-2-8-16(15)26-19/h1-2,5-8,11H,3-4,9-10,12-13H2,(H,20,24)(H,21,23). The zero-order valence-electron chi connectivity index (χ0n) is 14.4. The van der Waals surface area contributed by atoms with E-state index in [1.54, 1.807) is 29.7 Å². The lowest BCUT2D eigenvalue weighted by Gasteiger charge is -2.05. The molecule has 1 aromatic carbocycles. The van der Waals surface area contributed by atoms with Crippen LogP contribution < -0.4 is 10.6 Å². The fraction of sp³-hybridized carbons (Fsp3) is 0.316. The fourth-order valence-corrected chi connectivity index (χ4v) is 3.53. The molecule has 6 nitrogen and oxygen atoms in total. The molecular weight excluding hydrogens is 350 g/mol. The molecule has 0 bridgehead atoms. The second-order valence-electron chi connectivity index (χ2n) is 5.92. The molecule has 0 saturated carbocycles. The maximum atomic E-state index is 11.8. The molecule has 0 unspecified atom stereocenters. The van der Waals surface area contributed by atoms with Crippen LogP contribution in [-0.2, 0) is 22.6 Å². The minimum absolute atomic E-state index is 0.0165. The number of carbonyl (C=O) groups excluding carboxylic acids is 2. The van der Waals surface area contributed by atoms with Crippen LogP contribution in [0.5, 0.6) is 0 Å². The number of nitrogens with zero attached hydrogens (tertiary/aromatic N) is 1. The summed E-state index contributed by atoms with van der Waals surface area (Å²) in [5.74, 6) is 0.339. The van der Waals surface area contributed by atoms with Gasteiger partial charge in [0.25, 0.3) is 0 Å². The Morgan fingerprint density at radius 1 is 1.04 bits per heavy atom. The molecule has 0 spiro atoms. The zero-order chi connectivity index (χ0) is 18.2. The van der Waals surface area contributed by atoms with Gasteiger partial charge in [0.2, 0.25) is 11.8 Å². The number of nitrogens with one attached hydrogen (secondary N) is 2. The van der Waals surface area contributed by atoms with Crippen LogP contribution in [0.3, 0.4) is 0 Å². The molecule has 2 N–H and O–H groups in total. The third kappa shape index (κ3) is 5.42. The monoisotopic (exact) mass is 371 g/mol. The van der Waals surface area contributed by atoms with Gasteiger partial charge in [0.15, 0.2) is 0 Å². The smallest absolute Gasteiger partial charge is 0.239 e. The van der Waals surface area contributed by atoms with Gasteiger partial charge in [0, 0.05) is 6.42 Å². The highest BCUT2D eigenvalue weighted by Gasteiger charge is 2.07. The Balaban J connectivity index is 1.28. The summed E-state index contributed by atoms with van der Waals surface area (Å²) in [5, 5.41) is 6.43. The molecule has 0 fully saturated rings. The van der Waals surface area contributed by atoms with Gasteiger partial charge in [0.05, 0.1) is 34.6 Å². The first-order valence-electron chi connectivity index (χ1n) is 8.61. The molecule has 0 aliphatic carbocycles. The van der Waals surface area contributed by atoms with Gasteiger partial charge in [-0.05, 0) is 43.5 Å². The molecule has 0 atom stereocenters. The number of aryl methyl sites for hydroxylation is 1. The predicted molar refractivity (Wildman–Crippen MR) is 101 cm³/mol. The van der Waals surface area contributed by atoms with Crippen LogP contribution in [0.4, 0.5) is 0 Å². The number of para-hydroxylation sites is 1. The highest BCUT2D eigenvalue weighted by molar-refractivity contribution is 7.18. The Labute approximate surface area is 155 Å². The fourth-order valence-electron chi connectivity index (χ4n) is 2.52. The first-order valence-corrected chi connectivity index (χ1v) is 9.42. The molecule has 0 aliphatic rings. The van der Waals surface area contributed by atoms with Crippen molar-refractivity contribution in [3.63, 3.8) is 0 Å². The third-order valence-electron chi connectivity index (χ3n) is 3.87. The minimum atomic E-state index is -0.232. The first kappa shape index (κ1) is 18.1. The van der Waals surface area contributed by atoms with Crippen molar-refractivity contribution in [3.8, 4) is 0 Å². The van der Waals surface area contributed by atoms with Gasteiger partial charge >= 0.3 is 0 Å². The van der Waals surface area contributed by atoms with Crippen LogP contribution in [0.1, 0.15) is 30.0 Å². The molecule has 2 aromatic heterocycles. The Morgan fingerprint density at radius 2 is 1.92 bits per heavy atom. The molecule has 7 heteroatoms. The van der Waals surface area contributed by atoms with Crippen molar-refractivity contribution in [1.82, 2.24) is 15.6 Å². The van der Waals surface area contributed by atoms with Crippen molar-refractivity contribution in [1.29, 1.82) is 0 Å². The number of unbranched alkanes of at least 4 members (excludes halogenated alkanes) is 1. The summed E-state index contributed by atoms with van der Waals surface area (Å²) in [6.45, 7) is 0.307. The van der Waals surface area contributed by atoms with Gasteiger partial charge in [-0.3, -0.25) is 9.59 Å². The zero-order valence-corrected chi connectivity index (χ0v) is 15.2. The largest absolute Gasteiger partial charge is 0.467 e. The molecule has 0 saturated heterocycles. The van der Waals surface area contributed by atoms with E-state index in [0.717, 1.165) is 29.8 Å². The van der Waals surface area contributed by atoms with Gasteiger partial charge in [0.1, 0.15) is 5.76 Å². The van der Waals surface area contributed by atoms with Crippen molar-refractivity contribution >= 4 is 33.4 Å². The summed E-state index contributed by atoms with van der Waals surface area (Å²) in [7, 11) is 0. The van der Waals surface area contributed by atoms with E-state index in [0.29, 0.717) is 18.7 Å². The van der Waals surface area contributed by atoms with Crippen LogP contribution in [0.15, 0.2) is 47.1 Å². The van der Waals surface area contributed by atoms with Gasteiger partial charge < -0.3 is 15.1 Å². The van der Waals surface area contributed by atoms with E-state index in [9.17, 15) is 9.59 Å². The van der Waals surface area contributed by atoms with E-state index in [1.807, 2.05) is 18.2 Å². The topological polar surface area (TPSA) is 84.2 Å². The molecule has 136 valence electrons.